The molecule has 0 aliphatic rings. The van der Waals surface area contributed by atoms with Crippen molar-refractivity contribution in [2.45, 2.75) is 52.1 Å². The Morgan fingerprint density at radius 2 is 2.00 bits per heavy atom. The van der Waals surface area contributed by atoms with E-state index in [1.165, 1.54) is 0 Å². The Hall–Kier alpha value is -0.570. The number of nitrogens with one attached hydrogen (secondary N) is 1. The average molecular weight is 173 g/mol. The molecular formula is C9H19NO2. The number of aliphatic carboxylic acids is 1. The van der Waals surface area contributed by atoms with Gasteiger partial charge in [0.1, 0.15) is 0 Å². The van der Waals surface area contributed by atoms with E-state index >= 15 is 0 Å². The highest BCUT2D eigenvalue weighted by Gasteiger charge is 2.04. The fraction of sp³-hybridized carbons (Fsp3) is 0.889. The number of carboxylic acid groups (broad SMARTS) is 1. The zero-order chi connectivity index (χ0) is 9.56. The van der Waals surface area contributed by atoms with E-state index in [1.807, 2.05) is 0 Å². The Balaban J connectivity index is 3.31. The average Bonchev–Trinajstić information content (AvgIpc) is 1.84. The molecule has 0 saturated carbocycles. The zero-order valence-electron chi connectivity index (χ0n) is 8.13. The largest absolute Gasteiger partial charge is 0.481 e. The first kappa shape index (κ1) is 11.4. The number of hydrogen-bond acceptors (Lipinski definition) is 2. The molecule has 3 nitrogen and oxygen atoms in total. The van der Waals surface area contributed by atoms with Crippen molar-refractivity contribution in [2.75, 3.05) is 0 Å². The molecule has 0 saturated heterocycles. The van der Waals surface area contributed by atoms with Crippen molar-refractivity contribution in [3.63, 3.8) is 0 Å². The van der Waals surface area contributed by atoms with Crippen LogP contribution in [-0.4, -0.2) is 23.2 Å². The van der Waals surface area contributed by atoms with E-state index in [2.05, 4.69) is 26.1 Å². The lowest BCUT2D eigenvalue weighted by Gasteiger charge is -2.15. The first-order valence-corrected chi connectivity index (χ1v) is 4.50. The molecule has 0 aromatic heterocycles. The molecule has 0 aromatic carbocycles. The molecule has 0 amide bonds. The molecule has 0 aliphatic heterocycles. The Kier molecular flexibility index (Phi) is 5.72. The van der Waals surface area contributed by atoms with Crippen LogP contribution in [-0.2, 0) is 4.79 Å². The monoisotopic (exact) mass is 173 g/mol. The molecule has 0 radical (unpaired) electrons. The van der Waals surface area contributed by atoms with E-state index in [0.29, 0.717) is 12.1 Å². The van der Waals surface area contributed by atoms with Crippen molar-refractivity contribution in [3.05, 3.63) is 0 Å². The number of hydrogen-bond donors (Lipinski definition) is 2. The summed E-state index contributed by atoms with van der Waals surface area (Å²) in [6.07, 6.45) is 1.98. The summed E-state index contributed by atoms with van der Waals surface area (Å²) in [6.45, 7) is 6.27. The second-order valence-electron chi connectivity index (χ2n) is 3.51. The number of carboxylic acids is 1. The standard InChI is InChI=1S/C9H19NO2/c1-7(2)10-8(3)5-4-6-9(11)12/h7-8,10H,4-6H2,1-3H3,(H,11,12). The third kappa shape index (κ3) is 7.54. The summed E-state index contributed by atoms with van der Waals surface area (Å²) in [5, 5.41) is 11.7. The van der Waals surface area contributed by atoms with Crippen LogP contribution in [0.3, 0.4) is 0 Å². The van der Waals surface area contributed by atoms with Crippen molar-refractivity contribution < 1.29 is 9.90 Å². The van der Waals surface area contributed by atoms with Gasteiger partial charge in [-0.1, -0.05) is 13.8 Å². The van der Waals surface area contributed by atoms with Crippen molar-refractivity contribution in [2.24, 2.45) is 0 Å². The summed E-state index contributed by atoms with van der Waals surface area (Å²) in [4.78, 5) is 10.2. The molecule has 0 aliphatic carbocycles. The van der Waals surface area contributed by atoms with Crippen LogP contribution in [0.15, 0.2) is 0 Å². The van der Waals surface area contributed by atoms with E-state index < -0.39 is 5.97 Å². The van der Waals surface area contributed by atoms with E-state index in [9.17, 15) is 4.79 Å². The van der Waals surface area contributed by atoms with Gasteiger partial charge in [-0.2, -0.15) is 0 Å². The van der Waals surface area contributed by atoms with Gasteiger partial charge in [0, 0.05) is 18.5 Å². The quantitative estimate of drug-likeness (QED) is 0.641. The van der Waals surface area contributed by atoms with Crippen molar-refractivity contribution in [1.82, 2.24) is 5.32 Å². The highest BCUT2D eigenvalue weighted by molar-refractivity contribution is 5.66. The normalized spacial score (nSPS) is 13.3. The van der Waals surface area contributed by atoms with Gasteiger partial charge in [-0.3, -0.25) is 4.79 Å². The van der Waals surface area contributed by atoms with Gasteiger partial charge in [-0.25, -0.2) is 0 Å². The Bertz CT molecular complexity index is 134. The smallest absolute Gasteiger partial charge is 0.303 e. The van der Waals surface area contributed by atoms with E-state index in [4.69, 9.17) is 5.11 Å². The summed E-state index contributed by atoms with van der Waals surface area (Å²) in [6, 6.07) is 0.897. The van der Waals surface area contributed by atoms with E-state index in [1.54, 1.807) is 0 Å². The van der Waals surface area contributed by atoms with E-state index in [0.717, 1.165) is 12.8 Å². The molecule has 12 heavy (non-hydrogen) atoms. The molecule has 0 spiro atoms. The van der Waals surface area contributed by atoms with Gasteiger partial charge >= 0.3 is 5.97 Å². The lowest BCUT2D eigenvalue weighted by molar-refractivity contribution is -0.137. The summed E-state index contributed by atoms with van der Waals surface area (Å²) < 4.78 is 0. The maximum atomic E-state index is 10.2. The molecule has 1 atom stereocenters. The van der Waals surface area contributed by atoms with Crippen LogP contribution in [0, 0.1) is 0 Å². The second-order valence-corrected chi connectivity index (χ2v) is 3.51. The van der Waals surface area contributed by atoms with Crippen molar-refractivity contribution in [3.8, 4) is 0 Å². The maximum absolute atomic E-state index is 10.2. The lowest BCUT2D eigenvalue weighted by atomic mass is 10.1. The summed E-state index contributed by atoms with van der Waals surface area (Å²) in [5.74, 6) is -0.702. The first-order chi connectivity index (χ1) is 5.52. The summed E-state index contributed by atoms with van der Waals surface area (Å²) in [7, 11) is 0. The minimum absolute atomic E-state index is 0.282. The third-order valence-electron chi connectivity index (χ3n) is 1.65. The fourth-order valence-electron chi connectivity index (χ4n) is 1.21. The minimum Gasteiger partial charge on any atom is -0.481 e. The molecule has 0 aromatic rings. The highest BCUT2D eigenvalue weighted by atomic mass is 16.4. The molecule has 3 heteroatoms. The molecule has 0 rings (SSSR count). The van der Waals surface area contributed by atoms with Gasteiger partial charge in [-0.15, -0.1) is 0 Å². The maximum Gasteiger partial charge on any atom is 0.303 e. The van der Waals surface area contributed by atoms with Crippen molar-refractivity contribution >= 4 is 5.97 Å². The van der Waals surface area contributed by atoms with Gasteiger partial charge in [0.15, 0.2) is 0 Å². The topological polar surface area (TPSA) is 49.3 Å². The van der Waals surface area contributed by atoms with Gasteiger partial charge < -0.3 is 10.4 Å². The predicted octanol–water partition coefficient (Wildman–Crippen LogP) is 1.63. The van der Waals surface area contributed by atoms with Crippen LogP contribution < -0.4 is 5.32 Å². The fourth-order valence-corrected chi connectivity index (χ4v) is 1.21. The van der Waals surface area contributed by atoms with Gasteiger partial charge in [0.25, 0.3) is 0 Å². The molecule has 72 valence electrons. The van der Waals surface area contributed by atoms with Gasteiger partial charge in [0.2, 0.25) is 0 Å². The SMILES string of the molecule is CC(C)NC(C)CCCC(=O)O. The second kappa shape index (κ2) is 6.00. The lowest BCUT2D eigenvalue weighted by Crippen LogP contribution is -2.32. The van der Waals surface area contributed by atoms with Gasteiger partial charge in [0.05, 0.1) is 0 Å². The van der Waals surface area contributed by atoms with Crippen LogP contribution in [0.5, 0.6) is 0 Å². The molecule has 2 N–H and O–H groups in total. The van der Waals surface area contributed by atoms with Crippen LogP contribution in [0.4, 0.5) is 0 Å². The molecule has 0 fully saturated rings. The summed E-state index contributed by atoms with van der Waals surface area (Å²) in [5.41, 5.74) is 0. The third-order valence-corrected chi connectivity index (χ3v) is 1.65. The molecule has 0 heterocycles. The highest BCUT2D eigenvalue weighted by Crippen LogP contribution is 2.01. The zero-order valence-corrected chi connectivity index (χ0v) is 8.13. The van der Waals surface area contributed by atoms with Crippen LogP contribution in [0.25, 0.3) is 0 Å². The Labute approximate surface area is 74.2 Å². The van der Waals surface area contributed by atoms with E-state index in [-0.39, 0.29) is 6.42 Å². The molecule has 0 bridgehead atoms. The number of carbonyl (C=O) groups is 1. The van der Waals surface area contributed by atoms with Crippen LogP contribution >= 0.6 is 0 Å². The van der Waals surface area contributed by atoms with Crippen LogP contribution in [0.2, 0.25) is 0 Å². The Morgan fingerprint density at radius 1 is 1.42 bits per heavy atom. The van der Waals surface area contributed by atoms with Gasteiger partial charge in [-0.05, 0) is 19.8 Å². The first-order valence-electron chi connectivity index (χ1n) is 4.50. The van der Waals surface area contributed by atoms with Crippen molar-refractivity contribution in [1.29, 1.82) is 0 Å². The Morgan fingerprint density at radius 3 is 2.42 bits per heavy atom. The van der Waals surface area contributed by atoms with Crippen LogP contribution in [0.1, 0.15) is 40.0 Å². The number of rotatable bonds is 6. The predicted molar refractivity (Wildman–Crippen MR) is 49.2 cm³/mol. The molecular weight excluding hydrogens is 154 g/mol. The minimum atomic E-state index is -0.702. The summed E-state index contributed by atoms with van der Waals surface area (Å²) >= 11 is 0. The molecule has 1 unspecified atom stereocenters.